The highest BCUT2D eigenvalue weighted by atomic mass is 16.4. The van der Waals surface area contributed by atoms with Crippen molar-refractivity contribution in [3.05, 3.63) is 34.8 Å². The predicted molar refractivity (Wildman–Crippen MR) is 76.9 cm³/mol. The lowest BCUT2D eigenvalue weighted by atomic mass is 9.99. The van der Waals surface area contributed by atoms with Crippen LogP contribution in [0.3, 0.4) is 0 Å². The number of hydrogen-bond acceptors (Lipinski definition) is 4. The van der Waals surface area contributed by atoms with Crippen LogP contribution < -0.4 is 5.76 Å². The number of aliphatic hydroxyl groups excluding tert-OH is 1. The number of fused-ring (bicyclic) bond motifs is 1. The second kappa shape index (κ2) is 5.73. The summed E-state index contributed by atoms with van der Waals surface area (Å²) in [5.74, 6) is -0.484. The van der Waals surface area contributed by atoms with Gasteiger partial charge in [0.2, 0.25) is 5.91 Å². The summed E-state index contributed by atoms with van der Waals surface area (Å²) in [4.78, 5) is 25.9. The van der Waals surface area contributed by atoms with Crippen LogP contribution in [0.25, 0.3) is 11.1 Å². The Balaban J connectivity index is 1.80. The average molecular weight is 290 g/mol. The fourth-order valence-electron chi connectivity index (χ4n) is 2.84. The molecule has 2 heterocycles. The SMILES string of the molecule is O=C(Cn1c(=O)oc2ccccc21)N1CCCC(CO)C1. The van der Waals surface area contributed by atoms with Gasteiger partial charge < -0.3 is 14.4 Å². The highest BCUT2D eigenvalue weighted by molar-refractivity contribution is 5.79. The van der Waals surface area contributed by atoms with E-state index in [1.165, 1.54) is 4.57 Å². The van der Waals surface area contributed by atoms with E-state index in [0.717, 1.165) is 12.8 Å². The molecular formula is C15H18N2O4. The molecule has 1 aromatic carbocycles. The van der Waals surface area contributed by atoms with Crippen LogP contribution in [0.4, 0.5) is 0 Å². The van der Waals surface area contributed by atoms with Crippen LogP contribution in [-0.2, 0) is 11.3 Å². The number of oxazole rings is 1. The van der Waals surface area contributed by atoms with E-state index in [9.17, 15) is 14.7 Å². The van der Waals surface area contributed by atoms with E-state index >= 15 is 0 Å². The van der Waals surface area contributed by atoms with E-state index < -0.39 is 5.76 Å². The third kappa shape index (κ3) is 2.71. The summed E-state index contributed by atoms with van der Waals surface area (Å²) in [5.41, 5.74) is 1.12. The summed E-state index contributed by atoms with van der Waals surface area (Å²) < 4.78 is 6.49. The topological polar surface area (TPSA) is 75.7 Å². The van der Waals surface area contributed by atoms with Crippen molar-refractivity contribution in [3.63, 3.8) is 0 Å². The standard InChI is InChI=1S/C15H18N2O4/c18-10-11-4-3-7-16(8-11)14(19)9-17-12-5-1-2-6-13(12)21-15(17)20/h1-2,5-6,11,18H,3-4,7-10H2. The smallest absolute Gasteiger partial charge is 0.408 e. The van der Waals surface area contributed by atoms with Crippen LogP contribution in [0.1, 0.15) is 12.8 Å². The second-order valence-corrected chi connectivity index (χ2v) is 5.45. The van der Waals surface area contributed by atoms with Gasteiger partial charge in [-0.2, -0.15) is 0 Å². The summed E-state index contributed by atoms with van der Waals surface area (Å²) in [6.45, 7) is 1.31. The van der Waals surface area contributed by atoms with Crippen molar-refractivity contribution in [2.45, 2.75) is 19.4 Å². The molecule has 6 heteroatoms. The van der Waals surface area contributed by atoms with Crippen molar-refractivity contribution in [1.29, 1.82) is 0 Å². The number of piperidine rings is 1. The molecule has 3 rings (SSSR count). The average Bonchev–Trinajstić information content (AvgIpc) is 2.83. The predicted octanol–water partition coefficient (Wildman–Crippen LogP) is 0.825. The van der Waals surface area contributed by atoms with Gasteiger partial charge >= 0.3 is 5.76 Å². The molecule has 1 aliphatic heterocycles. The lowest BCUT2D eigenvalue weighted by Gasteiger charge is -2.31. The summed E-state index contributed by atoms with van der Waals surface area (Å²) >= 11 is 0. The summed E-state index contributed by atoms with van der Waals surface area (Å²) in [6.07, 6.45) is 1.83. The zero-order valence-electron chi connectivity index (χ0n) is 11.7. The number of amides is 1. The molecule has 2 aromatic rings. The van der Waals surface area contributed by atoms with Gasteiger partial charge in [0, 0.05) is 19.7 Å². The van der Waals surface area contributed by atoms with E-state index in [1.54, 1.807) is 29.2 Å². The van der Waals surface area contributed by atoms with Gasteiger partial charge in [0.1, 0.15) is 6.54 Å². The maximum atomic E-state index is 12.4. The van der Waals surface area contributed by atoms with Gasteiger partial charge in [-0.1, -0.05) is 12.1 Å². The van der Waals surface area contributed by atoms with Crippen LogP contribution in [0.2, 0.25) is 0 Å². The number of carbonyl (C=O) groups excluding carboxylic acids is 1. The first-order valence-corrected chi connectivity index (χ1v) is 7.16. The lowest BCUT2D eigenvalue weighted by Crippen LogP contribution is -2.43. The second-order valence-electron chi connectivity index (χ2n) is 5.45. The highest BCUT2D eigenvalue weighted by Gasteiger charge is 2.24. The molecule has 0 radical (unpaired) electrons. The van der Waals surface area contributed by atoms with Crippen molar-refractivity contribution in [1.82, 2.24) is 9.47 Å². The fraction of sp³-hybridized carbons (Fsp3) is 0.467. The maximum absolute atomic E-state index is 12.4. The molecular weight excluding hydrogens is 272 g/mol. The molecule has 1 atom stereocenters. The number of likely N-dealkylation sites (tertiary alicyclic amines) is 1. The van der Waals surface area contributed by atoms with Crippen molar-refractivity contribution < 1.29 is 14.3 Å². The van der Waals surface area contributed by atoms with Crippen LogP contribution >= 0.6 is 0 Å². The van der Waals surface area contributed by atoms with E-state index in [2.05, 4.69) is 0 Å². The number of hydrogen-bond donors (Lipinski definition) is 1. The molecule has 1 aromatic heterocycles. The summed E-state index contributed by atoms with van der Waals surface area (Å²) in [6, 6.07) is 7.06. The first kappa shape index (κ1) is 13.9. The fourth-order valence-corrected chi connectivity index (χ4v) is 2.84. The Bertz CT molecular complexity index is 703. The molecule has 1 unspecified atom stereocenters. The minimum absolute atomic E-state index is 0.0198. The first-order chi connectivity index (χ1) is 10.2. The number of benzene rings is 1. The number of nitrogens with zero attached hydrogens (tertiary/aromatic N) is 2. The van der Waals surface area contributed by atoms with Gasteiger partial charge in [0.05, 0.1) is 5.52 Å². The highest BCUT2D eigenvalue weighted by Crippen LogP contribution is 2.17. The molecule has 21 heavy (non-hydrogen) atoms. The van der Waals surface area contributed by atoms with E-state index in [4.69, 9.17) is 4.42 Å². The zero-order valence-corrected chi connectivity index (χ0v) is 11.7. The van der Waals surface area contributed by atoms with Gasteiger partial charge in [-0.05, 0) is 30.9 Å². The third-order valence-corrected chi connectivity index (χ3v) is 4.00. The Labute approximate surface area is 121 Å². The molecule has 1 amide bonds. The minimum Gasteiger partial charge on any atom is -0.408 e. The molecule has 0 aliphatic carbocycles. The van der Waals surface area contributed by atoms with Crippen LogP contribution in [0.5, 0.6) is 0 Å². The number of carbonyl (C=O) groups is 1. The van der Waals surface area contributed by atoms with E-state index in [1.807, 2.05) is 0 Å². The molecule has 112 valence electrons. The Morgan fingerprint density at radius 1 is 1.38 bits per heavy atom. The van der Waals surface area contributed by atoms with Crippen LogP contribution in [0, 0.1) is 5.92 Å². The number of para-hydroxylation sites is 2. The number of aromatic nitrogens is 1. The monoisotopic (exact) mass is 290 g/mol. The molecule has 6 nitrogen and oxygen atoms in total. The largest absolute Gasteiger partial charge is 0.420 e. The molecule has 1 N–H and O–H groups in total. The van der Waals surface area contributed by atoms with Gasteiger partial charge in [0.25, 0.3) is 0 Å². The quantitative estimate of drug-likeness (QED) is 0.908. The van der Waals surface area contributed by atoms with Crippen molar-refractivity contribution in [2.75, 3.05) is 19.7 Å². The van der Waals surface area contributed by atoms with Crippen LogP contribution in [-0.4, -0.2) is 40.2 Å². The van der Waals surface area contributed by atoms with Gasteiger partial charge in [-0.25, -0.2) is 4.79 Å². The molecule has 0 bridgehead atoms. The Morgan fingerprint density at radius 2 is 2.19 bits per heavy atom. The number of aliphatic hydroxyl groups is 1. The Hall–Kier alpha value is -2.08. The van der Waals surface area contributed by atoms with Crippen molar-refractivity contribution in [2.24, 2.45) is 5.92 Å². The first-order valence-electron chi connectivity index (χ1n) is 7.16. The minimum atomic E-state index is -0.514. The zero-order chi connectivity index (χ0) is 14.8. The Kier molecular flexibility index (Phi) is 3.79. The van der Waals surface area contributed by atoms with Gasteiger partial charge in [0.15, 0.2) is 5.58 Å². The summed E-state index contributed by atoms with van der Waals surface area (Å²) in [5, 5.41) is 9.22. The van der Waals surface area contributed by atoms with Crippen molar-refractivity contribution in [3.8, 4) is 0 Å². The molecule has 1 aliphatic rings. The van der Waals surface area contributed by atoms with E-state index in [-0.39, 0.29) is 25.0 Å². The molecule has 0 spiro atoms. The lowest BCUT2D eigenvalue weighted by molar-refractivity contribution is -0.134. The maximum Gasteiger partial charge on any atom is 0.420 e. The van der Waals surface area contributed by atoms with Crippen LogP contribution in [0.15, 0.2) is 33.5 Å². The van der Waals surface area contributed by atoms with Gasteiger partial charge in [-0.15, -0.1) is 0 Å². The van der Waals surface area contributed by atoms with Crippen molar-refractivity contribution >= 4 is 17.0 Å². The molecule has 0 saturated carbocycles. The molecule has 1 saturated heterocycles. The third-order valence-electron chi connectivity index (χ3n) is 4.00. The Morgan fingerprint density at radius 3 is 3.00 bits per heavy atom. The van der Waals surface area contributed by atoms with E-state index in [0.29, 0.717) is 24.2 Å². The summed E-state index contributed by atoms with van der Waals surface area (Å²) in [7, 11) is 0. The molecule has 1 fully saturated rings. The normalized spacial score (nSPS) is 19.1. The van der Waals surface area contributed by atoms with Gasteiger partial charge in [-0.3, -0.25) is 9.36 Å². The number of rotatable bonds is 3.